The van der Waals surface area contributed by atoms with E-state index in [9.17, 15) is 4.79 Å². The van der Waals surface area contributed by atoms with Crippen molar-refractivity contribution in [3.63, 3.8) is 0 Å². The predicted molar refractivity (Wildman–Crippen MR) is 115 cm³/mol. The molecule has 0 aliphatic rings. The molecule has 0 aliphatic carbocycles. The Morgan fingerprint density at radius 3 is 2.54 bits per heavy atom. The van der Waals surface area contributed by atoms with Gasteiger partial charge in [-0.05, 0) is 42.2 Å². The lowest BCUT2D eigenvalue weighted by molar-refractivity contribution is 0.00325. The van der Waals surface area contributed by atoms with E-state index in [4.69, 9.17) is 13.9 Å². The molecule has 0 radical (unpaired) electrons. The van der Waals surface area contributed by atoms with Gasteiger partial charge in [-0.1, -0.05) is 32.9 Å². The van der Waals surface area contributed by atoms with Gasteiger partial charge in [-0.2, -0.15) is 0 Å². The third-order valence-corrected chi connectivity index (χ3v) is 10.5. The second-order valence-electron chi connectivity index (χ2n) is 8.42. The van der Waals surface area contributed by atoms with Crippen molar-refractivity contribution in [3.05, 3.63) is 51.5 Å². The number of nitrogens with zero attached hydrogens (tertiary/aromatic N) is 1. The number of carbonyl (C=O) groups excluding carboxylic acids is 1. The van der Waals surface area contributed by atoms with E-state index < -0.39 is 8.32 Å². The van der Waals surface area contributed by atoms with Crippen LogP contribution in [0.4, 0.5) is 0 Å². The van der Waals surface area contributed by atoms with Gasteiger partial charge >= 0.3 is 5.97 Å². The highest BCUT2D eigenvalue weighted by molar-refractivity contribution is 7.07. The molecule has 0 saturated heterocycles. The molecule has 154 valence electrons. The Labute approximate surface area is 173 Å². The Kier molecular flexibility index (Phi) is 7.56. The zero-order chi connectivity index (χ0) is 20.9. The minimum Gasteiger partial charge on any atom is -0.465 e. The van der Waals surface area contributed by atoms with Crippen molar-refractivity contribution in [2.24, 2.45) is 0 Å². The molecule has 0 spiro atoms. The minimum absolute atomic E-state index is 0.122. The van der Waals surface area contributed by atoms with Crippen LogP contribution in [0.5, 0.6) is 0 Å². The summed E-state index contributed by atoms with van der Waals surface area (Å²) in [7, 11) is -0.520. The summed E-state index contributed by atoms with van der Waals surface area (Å²) < 4.78 is 17.5. The summed E-state index contributed by atoms with van der Waals surface area (Å²) in [4.78, 5) is 16.2. The maximum atomic E-state index is 11.9. The van der Waals surface area contributed by atoms with Crippen LogP contribution in [0.15, 0.2) is 29.1 Å². The quantitative estimate of drug-likeness (QED) is 0.415. The van der Waals surface area contributed by atoms with E-state index in [1.807, 2.05) is 24.4 Å². The third-order valence-electron chi connectivity index (χ3n) is 5.35. The number of esters is 1. The van der Waals surface area contributed by atoms with Crippen LogP contribution >= 0.6 is 11.3 Å². The highest BCUT2D eigenvalue weighted by atomic mass is 32.1. The monoisotopic (exact) mass is 421 g/mol. The van der Waals surface area contributed by atoms with Gasteiger partial charge in [0.1, 0.15) is 6.10 Å². The van der Waals surface area contributed by atoms with Gasteiger partial charge in [0.05, 0.1) is 37.1 Å². The van der Waals surface area contributed by atoms with Crippen LogP contribution in [0.2, 0.25) is 18.1 Å². The molecule has 2 rings (SSSR count). The summed E-state index contributed by atoms with van der Waals surface area (Å²) in [5.74, 6) is -0.332. The maximum Gasteiger partial charge on any atom is 0.338 e. The largest absolute Gasteiger partial charge is 0.465 e. The van der Waals surface area contributed by atoms with E-state index in [0.29, 0.717) is 18.8 Å². The Morgan fingerprint density at radius 1 is 1.29 bits per heavy atom. The van der Waals surface area contributed by atoms with Crippen molar-refractivity contribution >= 4 is 25.6 Å². The van der Waals surface area contributed by atoms with Gasteiger partial charge in [0.25, 0.3) is 0 Å². The molecule has 1 heterocycles. The molecule has 7 heteroatoms. The van der Waals surface area contributed by atoms with E-state index in [1.54, 1.807) is 22.9 Å². The lowest BCUT2D eigenvalue weighted by Crippen LogP contribution is -2.41. The van der Waals surface area contributed by atoms with Crippen LogP contribution in [0, 0.1) is 6.92 Å². The van der Waals surface area contributed by atoms with Crippen LogP contribution in [-0.4, -0.2) is 33.0 Å². The summed E-state index contributed by atoms with van der Waals surface area (Å²) in [6, 6.07) is 5.69. The Balaban J connectivity index is 2.22. The lowest BCUT2D eigenvalue weighted by Gasteiger charge is -2.37. The zero-order valence-corrected chi connectivity index (χ0v) is 19.7. The van der Waals surface area contributed by atoms with Gasteiger partial charge < -0.3 is 13.9 Å². The number of benzene rings is 1. The van der Waals surface area contributed by atoms with E-state index in [0.717, 1.165) is 16.8 Å². The second kappa shape index (κ2) is 9.30. The fourth-order valence-electron chi connectivity index (χ4n) is 2.46. The third kappa shape index (κ3) is 5.73. The van der Waals surface area contributed by atoms with Gasteiger partial charge in [0.2, 0.25) is 0 Å². The van der Waals surface area contributed by atoms with Crippen LogP contribution in [0.3, 0.4) is 0 Å². The van der Waals surface area contributed by atoms with Crippen molar-refractivity contribution in [3.8, 4) is 0 Å². The topological polar surface area (TPSA) is 57.7 Å². The summed E-state index contributed by atoms with van der Waals surface area (Å²) in [5.41, 5.74) is 5.12. The number of carbonyl (C=O) groups is 1. The van der Waals surface area contributed by atoms with E-state index in [2.05, 4.69) is 38.8 Å². The molecule has 1 unspecified atom stereocenters. The number of hydrogen-bond donors (Lipinski definition) is 0. The summed E-state index contributed by atoms with van der Waals surface area (Å²) in [6.07, 6.45) is -0.235. The summed E-state index contributed by atoms with van der Waals surface area (Å²) >= 11 is 1.55. The molecule has 5 nitrogen and oxygen atoms in total. The molecule has 2 aromatic rings. The van der Waals surface area contributed by atoms with Crippen LogP contribution in [-0.2, 0) is 20.5 Å². The highest BCUT2D eigenvalue weighted by Gasteiger charge is 2.37. The Morgan fingerprint density at radius 2 is 2.00 bits per heavy atom. The molecule has 1 aromatic heterocycles. The number of hydrogen-bond acceptors (Lipinski definition) is 6. The minimum atomic E-state index is -1.91. The first kappa shape index (κ1) is 22.7. The molecule has 0 bridgehead atoms. The number of aryl methyl sites for hydroxylation is 1. The second-order valence-corrected chi connectivity index (χ2v) is 13.9. The Hall–Kier alpha value is -1.54. The van der Waals surface area contributed by atoms with Crippen molar-refractivity contribution in [2.75, 3.05) is 13.7 Å². The SMILES string of the molecule is COC(=O)c1ccc(C(CO[Si](C)(C)C(C)(C)C)OCc2cscn2)cc1C. The van der Waals surface area contributed by atoms with Crippen molar-refractivity contribution in [1.82, 2.24) is 4.98 Å². The normalized spacial score (nSPS) is 13.4. The molecule has 28 heavy (non-hydrogen) atoms. The first-order valence-corrected chi connectivity index (χ1v) is 13.2. The zero-order valence-electron chi connectivity index (χ0n) is 17.9. The van der Waals surface area contributed by atoms with Gasteiger partial charge in [0, 0.05) is 5.38 Å². The van der Waals surface area contributed by atoms with E-state index in [1.165, 1.54) is 7.11 Å². The van der Waals surface area contributed by atoms with Crippen LogP contribution in [0.25, 0.3) is 0 Å². The molecule has 0 fully saturated rings. The number of rotatable bonds is 8. The number of ether oxygens (including phenoxy) is 2. The lowest BCUT2D eigenvalue weighted by atomic mass is 10.0. The molecule has 1 atom stereocenters. The highest BCUT2D eigenvalue weighted by Crippen LogP contribution is 2.37. The fourth-order valence-corrected chi connectivity index (χ4v) is 4.01. The average molecular weight is 422 g/mol. The Bertz CT molecular complexity index is 784. The van der Waals surface area contributed by atoms with Crippen LogP contribution in [0.1, 0.15) is 54.1 Å². The molecule has 0 N–H and O–H groups in total. The van der Waals surface area contributed by atoms with Crippen molar-refractivity contribution < 1.29 is 18.7 Å². The van der Waals surface area contributed by atoms with Crippen LogP contribution < -0.4 is 0 Å². The summed E-state index contributed by atoms with van der Waals surface area (Å²) in [6.45, 7) is 13.9. The van der Waals surface area contributed by atoms with Gasteiger partial charge in [-0.3, -0.25) is 0 Å². The molecular weight excluding hydrogens is 390 g/mol. The van der Waals surface area contributed by atoms with Crippen molar-refractivity contribution in [2.45, 2.75) is 58.5 Å². The van der Waals surface area contributed by atoms with Crippen molar-refractivity contribution in [1.29, 1.82) is 0 Å². The van der Waals surface area contributed by atoms with E-state index >= 15 is 0 Å². The first-order chi connectivity index (χ1) is 13.0. The fraction of sp³-hybridized carbons (Fsp3) is 0.524. The smallest absolute Gasteiger partial charge is 0.338 e. The maximum absolute atomic E-state index is 11.9. The molecular formula is C21H31NO4SSi. The molecule has 1 aromatic carbocycles. The molecule has 0 saturated carbocycles. The first-order valence-electron chi connectivity index (χ1n) is 9.36. The summed E-state index contributed by atoms with van der Waals surface area (Å²) in [5, 5.41) is 2.11. The molecule has 0 aliphatic heterocycles. The predicted octanol–water partition coefficient (Wildman–Crippen LogP) is 5.52. The van der Waals surface area contributed by atoms with Gasteiger partial charge in [-0.25, -0.2) is 9.78 Å². The van der Waals surface area contributed by atoms with Gasteiger partial charge in [0.15, 0.2) is 8.32 Å². The molecule has 0 amide bonds. The average Bonchev–Trinajstić information content (AvgIpc) is 3.13. The van der Waals surface area contributed by atoms with Gasteiger partial charge in [-0.15, -0.1) is 11.3 Å². The number of thiazole rings is 1. The van der Waals surface area contributed by atoms with E-state index in [-0.39, 0.29) is 17.1 Å². The number of methoxy groups -OCH3 is 1. The standard InChI is InChI=1S/C21H31NO4SSi/c1-15-10-16(8-9-18(15)20(23)24-5)19(25-11-17-13-27-14-22-17)12-26-28(6,7)21(2,3)4/h8-10,13-14,19H,11-12H2,1-7H3. The number of aromatic nitrogens is 1.